The van der Waals surface area contributed by atoms with Crippen molar-refractivity contribution in [1.82, 2.24) is 5.43 Å². The summed E-state index contributed by atoms with van der Waals surface area (Å²) in [6.45, 7) is 5.83. The van der Waals surface area contributed by atoms with Crippen LogP contribution < -0.4 is 5.43 Å². The fourth-order valence-corrected chi connectivity index (χ4v) is 1.11. The number of nitrogens with one attached hydrogen (secondary N) is 1. The summed E-state index contributed by atoms with van der Waals surface area (Å²) in [6, 6.07) is 3.64. The summed E-state index contributed by atoms with van der Waals surface area (Å²) in [4.78, 5) is 11.2. The second-order valence-electron chi connectivity index (χ2n) is 3.84. The summed E-state index contributed by atoms with van der Waals surface area (Å²) in [5.41, 5.74) is 2.44. The number of nitrogens with zero attached hydrogens (tertiary/aromatic N) is 1. The molecule has 0 radical (unpaired) electrons. The van der Waals surface area contributed by atoms with Crippen molar-refractivity contribution in [1.29, 1.82) is 0 Å². The van der Waals surface area contributed by atoms with Gasteiger partial charge >= 0.3 is 0 Å². The number of hydrogen-bond donors (Lipinski definition) is 1. The minimum absolute atomic E-state index is 0.0791. The van der Waals surface area contributed by atoms with Gasteiger partial charge < -0.3 is 4.42 Å². The van der Waals surface area contributed by atoms with Gasteiger partial charge in [-0.15, -0.1) is 0 Å². The Bertz CT molecular complexity index is 353. The molecule has 4 nitrogen and oxygen atoms in total. The van der Waals surface area contributed by atoms with Crippen molar-refractivity contribution < 1.29 is 9.21 Å². The molecule has 0 aliphatic heterocycles. The van der Waals surface area contributed by atoms with Crippen LogP contribution in [0.5, 0.6) is 0 Å². The second kappa shape index (κ2) is 5.34. The Balaban J connectivity index is 2.36. The molecule has 0 aromatic carbocycles. The lowest BCUT2D eigenvalue weighted by molar-refractivity contribution is -0.121. The number of rotatable bonds is 4. The van der Waals surface area contributed by atoms with Gasteiger partial charge in [0, 0.05) is 6.42 Å². The lowest BCUT2D eigenvalue weighted by atomic mass is 10.1. The first kappa shape index (κ1) is 11.5. The maximum absolute atomic E-state index is 11.2. The van der Waals surface area contributed by atoms with E-state index < -0.39 is 0 Å². The van der Waals surface area contributed by atoms with Crippen molar-refractivity contribution in [2.75, 3.05) is 0 Å². The van der Waals surface area contributed by atoms with Crippen LogP contribution in [0.4, 0.5) is 0 Å². The molecular weight excluding hydrogens is 192 g/mol. The van der Waals surface area contributed by atoms with Gasteiger partial charge in [0.2, 0.25) is 5.91 Å². The normalized spacial score (nSPS) is 11.2. The highest BCUT2D eigenvalue weighted by atomic mass is 16.3. The van der Waals surface area contributed by atoms with Crippen LogP contribution in [0.15, 0.2) is 21.7 Å². The van der Waals surface area contributed by atoms with Gasteiger partial charge in [0.05, 0.1) is 6.21 Å². The molecule has 1 aromatic heterocycles. The van der Waals surface area contributed by atoms with E-state index in [0.717, 1.165) is 5.76 Å². The number of aryl methyl sites for hydroxylation is 1. The number of carbonyl (C=O) groups excluding carboxylic acids is 1. The van der Waals surface area contributed by atoms with Crippen LogP contribution >= 0.6 is 0 Å². The van der Waals surface area contributed by atoms with Crippen LogP contribution in [-0.4, -0.2) is 12.1 Å². The molecule has 1 heterocycles. The Hall–Kier alpha value is -1.58. The van der Waals surface area contributed by atoms with E-state index in [1.54, 1.807) is 6.07 Å². The molecule has 4 heteroatoms. The first-order valence-corrected chi connectivity index (χ1v) is 4.96. The Morgan fingerprint density at radius 1 is 1.60 bits per heavy atom. The molecule has 15 heavy (non-hydrogen) atoms. The van der Waals surface area contributed by atoms with E-state index in [1.165, 1.54) is 6.21 Å². The molecule has 0 saturated carbocycles. The summed E-state index contributed by atoms with van der Waals surface area (Å²) in [6.07, 6.45) is 1.97. The number of amides is 1. The monoisotopic (exact) mass is 208 g/mol. The van der Waals surface area contributed by atoms with E-state index in [2.05, 4.69) is 10.5 Å². The fourth-order valence-electron chi connectivity index (χ4n) is 1.11. The van der Waals surface area contributed by atoms with Crippen LogP contribution in [-0.2, 0) is 4.79 Å². The minimum atomic E-state index is -0.0791. The summed E-state index contributed by atoms with van der Waals surface area (Å²) < 4.78 is 5.25. The molecule has 0 unspecified atom stereocenters. The van der Waals surface area contributed by atoms with Crippen molar-refractivity contribution in [2.24, 2.45) is 11.0 Å². The molecule has 82 valence electrons. The molecule has 0 bridgehead atoms. The van der Waals surface area contributed by atoms with E-state index in [1.807, 2.05) is 26.8 Å². The van der Waals surface area contributed by atoms with Crippen LogP contribution in [0.3, 0.4) is 0 Å². The lowest BCUT2D eigenvalue weighted by Crippen LogP contribution is -2.18. The summed E-state index contributed by atoms with van der Waals surface area (Å²) in [5, 5.41) is 3.79. The quantitative estimate of drug-likeness (QED) is 0.608. The topological polar surface area (TPSA) is 54.6 Å². The first-order chi connectivity index (χ1) is 7.08. The van der Waals surface area contributed by atoms with Gasteiger partial charge in [-0.2, -0.15) is 5.10 Å². The van der Waals surface area contributed by atoms with Gasteiger partial charge in [-0.05, 0) is 25.0 Å². The van der Waals surface area contributed by atoms with E-state index in [9.17, 15) is 4.79 Å². The molecule has 1 N–H and O–H groups in total. The van der Waals surface area contributed by atoms with Crippen molar-refractivity contribution in [3.05, 3.63) is 23.7 Å². The smallest absolute Gasteiger partial charge is 0.240 e. The van der Waals surface area contributed by atoms with Gasteiger partial charge in [-0.3, -0.25) is 4.79 Å². The molecule has 0 aliphatic rings. The zero-order chi connectivity index (χ0) is 11.3. The standard InChI is InChI=1S/C11H16N2O2/c1-8(2)6-11(14)13-12-7-10-5-4-9(3)15-10/h4-5,7-8H,6H2,1-3H3,(H,13,14)/b12-7-. The average Bonchev–Trinajstić information content (AvgIpc) is 2.50. The van der Waals surface area contributed by atoms with Gasteiger partial charge in [0.1, 0.15) is 11.5 Å². The maximum Gasteiger partial charge on any atom is 0.240 e. The largest absolute Gasteiger partial charge is 0.460 e. The van der Waals surface area contributed by atoms with Crippen LogP contribution in [0, 0.1) is 12.8 Å². The van der Waals surface area contributed by atoms with Gasteiger partial charge in [-0.25, -0.2) is 5.43 Å². The highest BCUT2D eigenvalue weighted by Gasteiger charge is 2.02. The molecule has 1 amide bonds. The molecule has 0 aliphatic carbocycles. The molecule has 0 spiro atoms. The summed E-state index contributed by atoms with van der Waals surface area (Å²) in [7, 11) is 0. The van der Waals surface area contributed by atoms with Crippen LogP contribution in [0.25, 0.3) is 0 Å². The highest BCUT2D eigenvalue weighted by Crippen LogP contribution is 2.03. The molecule has 0 fully saturated rings. The van der Waals surface area contributed by atoms with E-state index in [-0.39, 0.29) is 5.91 Å². The molecule has 1 aromatic rings. The second-order valence-corrected chi connectivity index (χ2v) is 3.84. The number of hydrogen-bond acceptors (Lipinski definition) is 3. The first-order valence-electron chi connectivity index (χ1n) is 4.96. The average molecular weight is 208 g/mol. The Kier molecular flexibility index (Phi) is 4.09. The Morgan fingerprint density at radius 2 is 2.33 bits per heavy atom. The van der Waals surface area contributed by atoms with Crippen molar-refractivity contribution >= 4 is 12.1 Å². The fraction of sp³-hybridized carbons (Fsp3) is 0.455. The third-order valence-corrected chi connectivity index (χ3v) is 1.74. The zero-order valence-corrected chi connectivity index (χ0v) is 9.28. The number of carbonyl (C=O) groups is 1. The summed E-state index contributed by atoms with van der Waals surface area (Å²) >= 11 is 0. The van der Waals surface area contributed by atoms with E-state index in [0.29, 0.717) is 18.1 Å². The molecule has 1 rings (SSSR count). The third kappa shape index (κ3) is 4.44. The number of furan rings is 1. The summed E-state index contributed by atoms with van der Waals surface area (Å²) in [5.74, 6) is 1.72. The van der Waals surface area contributed by atoms with Crippen LogP contribution in [0.1, 0.15) is 31.8 Å². The van der Waals surface area contributed by atoms with Crippen molar-refractivity contribution in [2.45, 2.75) is 27.2 Å². The van der Waals surface area contributed by atoms with E-state index >= 15 is 0 Å². The van der Waals surface area contributed by atoms with Gasteiger partial charge in [0.15, 0.2) is 0 Å². The Labute approximate surface area is 89.4 Å². The third-order valence-electron chi connectivity index (χ3n) is 1.74. The maximum atomic E-state index is 11.2. The SMILES string of the molecule is Cc1ccc(/C=N\NC(=O)CC(C)C)o1. The minimum Gasteiger partial charge on any atom is -0.460 e. The zero-order valence-electron chi connectivity index (χ0n) is 9.28. The molecular formula is C11H16N2O2. The van der Waals surface area contributed by atoms with Crippen molar-refractivity contribution in [3.8, 4) is 0 Å². The van der Waals surface area contributed by atoms with Gasteiger partial charge in [-0.1, -0.05) is 13.8 Å². The van der Waals surface area contributed by atoms with Crippen LogP contribution in [0.2, 0.25) is 0 Å². The Morgan fingerprint density at radius 3 is 2.87 bits per heavy atom. The lowest BCUT2D eigenvalue weighted by Gasteiger charge is -2.01. The highest BCUT2D eigenvalue weighted by molar-refractivity contribution is 5.80. The number of hydrazone groups is 1. The molecule has 0 atom stereocenters. The van der Waals surface area contributed by atoms with Crippen molar-refractivity contribution in [3.63, 3.8) is 0 Å². The van der Waals surface area contributed by atoms with Gasteiger partial charge in [0.25, 0.3) is 0 Å². The molecule has 0 saturated heterocycles. The predicted molar refractivity (Wildman–Crippen MR) is 58.6 cm³/mol. The predicted octanol–water partition coefficient (Wildman–Crippen LogP) is 2.08. The van der Waals surface area contributed by atoms with E-state index in [4.69, 9.17) is 4.42 Å².